The molecule has 0 unspecified atom stereocenters. The van der Waals surface area contributed by atoms with E-state index in [-0.39, 0.29) is 11.1 Å². The molecule has 0 saturated heterocycles. The van der Waals surface area contributed by atoms with E-state index in [1.165, 1.54) is 5.57 Å². The first-order chi connectivity index (χ1) is 16.1. The number of aromatic nitrogens is 4. The molecule has 0 fully saturated rings. The van der Waals surface area contributed by atoms with Crippen LogP contribution in [0.2, 0.25) is 0 Å². The van der Waals surface area contributed by atoms with Crippen LogP contribution in [0.4, 0.5) is 10.2 Å². The van der Waals surface area contributed by atoms with Crippen molar-refractivity contribution in [2.75, 3.05) is 25.5 Å². The van der Waals surface area contributed by atoms with Crippen LogP contribution >= 0.6 is 0 Å². The zero-order valence-electron chi connectivity index (χ0n) is 18.7. The summed E-state index contributed by atoms with van der Waals surface area (Å²) in [6, 6.07) is 7.65. The van der Waals surface area contributed by atoms with Crippen LogP contribution in [0.3, 0.4) is 0 Å². The molecule has 1 aliphatic heterocycles. The Morgan fingerprint density at radius 2 is 2.12 bits per heavy atom. The molecule has 7 nitrogen and oxygen atoms in total. The third kappa shape index (κ3) is 3.98. The van der Waals surface area contributed by atoms with Gasteiger partial charge in [0.05, 0.1) is 5.52 Å². The van der Waals surface area contributed by atoms with Crippen molar-refractivity contribution < 1.29 is 4.39 Å². The minimum Gasteiger partial charge on any atom is -0.371 e. The second-order valence-electron chi connectivity index (χ2n) is 8.22. The van der Waals surface area contributed by atoms with Crippen molar-refractivity contribution in [1.82, 2.24) is 24.8 Å². The largest absolute Gasteiger partial charge is 0.371 e. The minimum absolute atomic E-state index is 0.181. The SMILES string of the molecule is CCc1nc2ccc(CN3CC=C(c4cnc5c(NC)nccc5c4)CC3)c(F)c2[nH]c1=O. The molecule has 2 N–H and O–H groups in total. The van der Waals surface area contributed by atoms with Gasteiger partial charge in [0.15, 0.2) is 11.6 Å². The summed E-state index contributed by atoms with van der Waals surface area (Å²) in [5.74, 6) is 0.366. The van der Waals surface area contributed by atoms with E-state index in [9.17, 15) is 4.79 Å². The lowest BCUT2D eigenvalue weighted by Gasteiger charge is -2.26. The summed E-state index contributed by atoms with van der Waals surface area (Å²) in [5, 5.41) is 4.12. The number of aryl methyl sites for hydroxylation is 1. The molecule has 4 aromatic rings. The van der Waals surface area contributed by atoms with Gasteiger partial charge in [0, 0.05) is 50.0 Å². The van der Waals surface area contributed by atoms with Crippen LogP contribution in [-0.4, -0.2) is 45.0 Å². The second-order valence-corrected chi connectivity index (χ2v) is 8.22. The molecule has 0 saturated carbocycles. The number of benzene rings is 1. The Hall–Kier alpha value is -3.65. The minimum atomic E-state index is -0.401. The number of pyridine rings is 2. The van der Waals surface area contributed by atoms with Crippen LogP contribution < -0.4 is 10.9 Å². The average molecular weight is 445 g/mol. The molecule has 0 amide bonds. The van der Waals surface area contributed by atoms with Gasteiger partial charge in [-0.05, 0) is 42.2 Å². The standard InChI is InChI=1S/C25H25FN6O/c1-3-19-25(33)31-23-20(30-19)5-4-17(21(23)26)14-32-10-7-15(8-11-32)18-12-16-6-9-28-24(27-2)22(16)29-13-18/h4-7,9,12-13H,3,8,10-11,14H2,1-2H3,(H,27,28)(H,31,33). The molecule has 5 rings (SSSR count). The first-order valence-electron chi connectivity index (χ1n) is 11.1. The number of rotatable bonds is 5. The van der Waals surface area contributed by atoms with E-state index < -0.39 is 5.82 Å². The Kier molecular flexibility index (Phi) is 5.60. The van der Waals surface area contributed by atoms with Gasteiger partial charge in [0.1, 0.15) is 16.7 Å². The zero-order valence-corrected chi connectivity index (χ0v) is 18.7. The number of halogens is 1. The molecule has 0 bridgehead atoms. The summed E-state index contributed by atoms with van der Waals surface area (Å²) in [6.45, 7) is 3.85. The van der Waals surface area contributed by atoms with Crippen molar-refractivity contribution in [3.8, 4) is 0 Å². The maximum atomic E-state index is 15.1. The summed E-state index contributed by atoms with van der Waals surface area (Å²) in [4.78, 5) is 30.2. The molecule has 33 heavy (non-hydrogen) atoms. The summed E-state index contributed by atoms with van der Waals surface area (Å²) < 4.78 is 15.1. The number of nitrogens with zero attached hydrogens (tertiary/aromatic N) is 4. The van der Waals surface area contributed by atoms with E-state index in [1.54, 1.807) is 18.3 Å². The molecule has 1 aromatic carbocycles. The molecule has 8 heteroatoms. The van der Waals surface area contributed by atoms with Crippen molar-refractivity contribution in [2.24, 2.45) is 0 Å². The molecule has 0 aliphatic carbocycles. The Labute approximate surface area is 190 Å². The predicted molar refractivity (Wildman–Crippen MR) is 129 cm³/mol. The smallest absolute Gasteiger partial charge is 0.270 e. The van der Waals surface area contributed by atoms with Crippen molar-refractivity contribution >= 4 is 33.3 Å². The normalized spacial score (nSPS) is 14.6. The van der Waals surface area contributed by atoms with E-state index >= 15 is 4.39 Å². The van der Waals surface area contributed by atoms with Crippen LogP contribution in [0.15, 0.2) is 47.5 Å². The lowest BCUT2D eigenvalue weighted by Crippen LogP contribution is -2.28. The topological polar surface area (TPSA) is 86.8 Å². The molecule has 168 valence electrons. The Morgan fingerprint density at radius 1 is 1.24 bits per heavy atom. The molecule has 0 radical (unpaired) electrons. The van der Waals surface area contributed by atoms with Crippen molar-refractivity contribution in [1.29, 1.82) is 0 Å². The van der Waals surface area contributed by atoms with Gasteiger partial charge in [-0.1, -0.05) is 19.1 Å². The van der Waals surface area contributed by atoms with Crippen LogP contribution in [0.5, 0.6) is 0 Å². The maximum absolute atomic E-state index is 15.1. The van der Waals surface area contributed by atoms with Crippen molar-refractivity contribution in [2.45, 2.75) is 26.3 Å². The predicted octanol–water partition coefficient (Wildman–Crippen LogP) is 3.90. The number of hydrogen-bond donors (Lipinski definition) is 2. The van der Waals surface area contributed by atoms with Gasteiger partial charge in [0.25, 0.3) is 5.56 Å². The van der Waals surface area contributed by atoms with Gasteiger partial charge < -0.3 is 10.3 Å². The Bertz CT molecular complexity index is 1440. The molecule has 3 aromatic heterocycles. The Morgan fingerprint density at radius 3 is 2.88 bits per heavy atom. The molecule has 4 heterocycles. The number of aromatic amines is 1. The van der Waals surface area contributed by atoms with E-state index in [2.05, 4.69) is 42.3 Å². The zero-order chi connectivity index (χ0) is 22.9. The van der Waals surface area contributed by atoms with E-state index in [0.29, 0.717) is 36.3 Å². The van der Waals surface area contributed by atoms with Crippen molar-refractivity contribution in [3.05, 3.63) is 75.7 Å². The number of H-pyrrole nitrogens is 1. The number of hydrogen-bond acceptors (Lipinski definition) is 6. The molecular weight excluding hydrogens is 419 g/mol. The number of nitrogens with one attached hydrogen (secondary N) is 2. The second kappa shape index (κ2) is 8.71. The fourth-order valence-corrected chi connectivity index (χ4v) is 4.34. The Balaban J connectivity index is 1.35. The molecule has 0 spiro atoms. The monoisotopic (exact) mass is 444 g/mol. The molecule has 1 aliphatic rings. The lowest BCUT2D eigenvalue weighted by atomic mass is 9.99. The third-order valence-electron chi connectivity index (χ3n) is 6.18. The van der Waals surface area contributed by atoms with Gasteiger partial charge in [-0.2, -0.15) is 0 Å². The number of fused-ring (bicyclic) bond motifs is 2. The first kappa shape index (κ1) is 21.2. The summed E-state index contributed by atoms with van der Waals surface area (Å²) >= 11 is 0. The summed E-state index contributed by atoms with van der Waals surface area (Å²) in [6.07, 6.45) is 7.22. The van der Waals surface area contributed by atoms with Crippen molar-refractivity contribution in [3.63, 3.8) is 0 Å². The summed E-state index contributed by atoms with van der Waals surface area (Å²) in [7, 11) is 1.84. The van der Waals surface area contributed by atoms with Gasteiger partial charge in [-0.3, -0.25) is 14.7 Å². The molecular formula is C25H25FN6O. The fraction of sp³-hybridized carbons (Fsp3) is 0.280. The quantitative estimate of drug-likeness (QED) is 0.486. The van der Waals surface area contributed by atoms with Gasteiger partial charge >= 0.3 is 0 Å². The van der Waals surface area contributed by atoms with Crippen LogP contribution in [0.25, 0.3) is 27.5 Å². The molecule has 0 atom stereocenters. The van der Waals surface area contributed by atoms with E-state index in [0.717, 1.165) is 35.2 Å². The van der Waals surface area contributed by atoms with E-state index in [1.807, 2.05) is 26.2 Å². The summed E-state index contributed by atoms with van der Waals surface area (Å²) in [5.41, 5.74) is 4.51. The third-order valence-corrected chi connectivity index (χ3v) is 6.18. The van der Waals surface area contributed by atoms with Gasteiger partial charge in [0.2, 0.25) is 0 Å². The highest BCUT2D eigenvalue weighted by Gasteiger charge is 2.18. The maximum Gasteiger partial charge on any atom is 0.270 e. The van der Waals surface area contributed by atoms with Crippen LogP contribution in [-0.2, 0) is 13.0 Å². The van der Waals surface area contributed by atoms with Gasteiger partial charge in [-0.25, -0.2) is 14.4 Å². The van der Waals surface area contributed by atoms with Crippen LogP contribution in [0, 0.1) is 5.82 Å². The van der Waals surface area contributed by atoms with E-state index in [4.69, 9.17) is 0 Å². The fourth-order valence-electron chi connectivity index (χ4n) is 4.34. The lowest BCUT2D eigenvalue weighted by molar-refractivity contribution is 0.289. The van der Waals surface area contributed by atoms with Crippen LogP contribution in [0.1, 0.15) is 30.2 Å². The number of anilines is 1. The first-order valence-corrected chi connectivity index (χ1v) is 11.1. The highest BCUT2D eigenvalue weighted by atomic mass is 19.1. The highest BCUT2D eigenvalue weighted by molar-refractivity contribution is 5.90. The average Bonchev–Trinajstić information content (AvgIpc) is 2.85. The van der Waals surface area contributed by atoms with Gasteiger partial charge in [-0.15, -0.1) is 0 Å². The highest BCUT2D eigenvalue weighted by Crippen LogP contribution is 2.27.